The van der Waals surface area contributed by atoms with Gasteiger partial charge in [-0.15, -0.1) is 0 Å². The summed E-state index contributed by atoms with van der Waals surface area (Å²) in [5.74, 6) is -0.348. The second-order valence-electron chi connectivity index (χ2n) is 7.14. The first kappa shape index (κ1) is 19.9. The fourth-order valence-corrected chi connectivity index (χ4v) is 4.13. The molecular weight excluding hydrogens is 394 g/mol. The summed E-state index contributed by atoms with van der Waals surface area (Å²) in [6, 6.07) is 12.1. The Kier molecular flexibility index (Phi) is 5.84. The van der Waals surface area contributed by atoms with Crippen LogP contribution in [0.25, 0.3) is 22.0 Å². The summed E-state index contributed by atoms with van der Waals surface area (Å²) in [5, 5.41) is 0.973. The van der Waals surface area contributed by atoms with Crippen LogP contribution in [0.3, 0.4) is 0 Å². The monoisotopic (exact) mass is 416 g/mol. The summed E-state index contributed by atoms with van der Waals surface area (Å²) in [4.78, 5) is 17.7. The van der Waals surface area contributed by atoms with Gasteiger partial charge in [-0.05, 0) is 47.8 Å². The highest BCUT2D eigenvalue weighted by molar-refractivity contribution is 7.97. The molecule has 1 fully saturated rings. The molecule has 0 radical (unpaired) electrons. The number of likely N-dealkylation sites (tertiary alicyclic amines) is 1. The van der Waals surface area contributed by atoms with Crippen LogP contribution < -0.4 is 10.5 Å². The lowest BCUT2D eigenvalue weighted by Gasteiger charge is -2.15. The molecule has 0 aliphatic carbocycles. The number of hydrogen-bond donors (Lipinski definition) is 3. The molecule has 0 saturated carbocycles. The number of amides is 1. The van der Waals surface area contributed by atoms with Gasteiger partial charge in [0.15, 0.2) is 0 Å². The highest BCUT2D eigenvalue weighted by Gasteiger charge is 2.32. The van der Waals surface area contributed by atoms with Crippen molar-refractivity contribution in [1.82, 2.24) is 14.6 Å². The Morgan fingerprint density at radius 1 is 1.24 bits per heavy atom. The van der Waals surface area contributed by atoms with Gasteiger partial charge in [-0.1, -0.05) is 12.1 Å². The predicted octanol–water partition coefficient (Wildman–Crippen LogP) is 3.47. The SMILES string of the molecule is NC1CN(C(=O)CCNSc2ccc(-c3c[nH]c4cc(F)ccc34)cc2)CC1F. The number of carbonyl (C=O) groups is 1. The smallest absolute Gasteiger partial charge is 0.224 e. The minimum absolute atomic E-state index is 0.0835. The van der Waals surface area contributed by atoms with E-state index in [9.17, 15) is 13.6 Å². The number of halogens is 2. The second kappa shape index (κ2) is 8.52. The zero-order valence-corrected chi connectivity index (χ0v) is 16.5. The average Bonchev–Trinajstić information content (AvgIpc) is 3.28. The molecule has 152 valence electrons. The molecule has 1 amide bonds. The van der Waals surface area contributed by atoms with Gasteiger partial charge in [0.25, 0.3) is 0 Å². The van der Waals surface area contributed by atoms with Gasteiger partial charge in [0.2, 0.25) is 5.91 Å². The number of nitrogens with one attached hydrogen (secondary N) is 2. The van der Waals surface area contributed by atoms with Crippen LogP contribution in [0.2, 0.25) is 0 Å². The first-order valence-corrected chi connectivity index (χ1v) is 10.3. The third-order valence-corrected chi connectivity index (χ3v) is 5.94. The van der Waals surface area contributed by atoms with E-state index in [1.807, 2.05) is 30.5 Å². The van der Waals surface area contributed by atoms with E-state index in [1.54, 1.807) is 6.07 Å². The van der Waals surface area contributed by atoms with E-state index in [0.717, 1.165) is 26.9 Å². The lowest BCUT2D eigenvalue weighted by Crippen LogP contribution is -2.33. The van der Waals surface area contributed by atoms with E-state index < -0.39 is 12.2 Å². The number of nitrogens with zero attached hydrogens (tertiary/aromatic N) is 1. The van der Waals surface area contributed by atoms with E-state index >= 15 is 0 Å². The molecule has 1 aliphatic heterocycles. The Morgan fingerprint density at radius 3 is 2.76 bits per heavy atom. The average molecular weight is 416 g/mol. The van der Waals surface area contributed by atoms with Gasteiger partial charge in [-0.2, -0.15) is 0 Å². The number of carbonyl (C=O) groups excluding carboxylic acids is 1. The Bertz CT molecular complexity index is 998. The fraction of sp³-hybridized carbons (Fsp3) is 0.286. The van der Waals surface area contributed by atoms with Crippen molar-refractivity contribution in [3.05, 3.63) is 54.5 Å². The normalized spacial score (nSPS) is 19.2. The summed E-state index contributed by atoms with van der Waals surface area (Å²) in [6.45, 7) is 0.867. The minimum atomic E-state index is -1.13. The number of hydrogen-bond acceptors (Lipinski definition) is 4. The van der Waals surface area contributed by atoms with Crippen LogP contribution in [0, 0.1) is 5.82 Å². The molecule has 0 bridgehead atoms. The van der Waals surface area contributed by atoms with Crippen LogP contribution in [0.1, 0.15) is 6.42 Å². The number of alkyl halides is 1. The van der Waals surface area contributed by atoms with Crippen molar-refractivity contribution in [3.63, 3.8) is 0 Å². The number of H-pyrrole nitrogens is 1. The summed E-state index contributed by atoms with van der Waals surface area (Å²) >= 11 is 1.44. The van der Waals surface area contributed by atoms with Crippen LogP contribution in [0.5, 0.6) is 0 Å². The predicted molar refractivity (Wildman–Crippen MR) is 112 cm³/mol. The zero-order chi connectivity index (χ0) is 20.4. The van der Waals surface area contributed by atoms with Gasteiger partial charge in [0, 0.05) is 47.1 Å². The van der Waals surface area contributed by atoms with Crippen molar-refractivity contribution in [3.8, 4) is 11.1 Å². The zero-order valence-electron chi connectivity index (χ0n) is 15.7. The molecule has 2 heterocycles. The molecule has 1 aromatic heterocycles. The van der Waals surface area contributed by atoms with Crippen molar-refractivity contribution in [2.45, 2.75) is 23.5 Å². The lowest BCUT2D eigenvalue weighted by atomic mass is 10.1. The third-order valence-electron chi connectivity index (χ3n) is 5.08. The van der Waals surface area contributed by atoms with Crippen LogP contribution >= 0.6 is 11.9 Å². The number of benzene rings is 2. The van der Waals surface area contributed by atoms with Gasteiger partial charge in [-0.3, -0.25) is 9.52 Å². The Morgan fingerprint density at radius 2 is 2.03 bits per heavy atom. The van der Waals surface area contributed by atoms with Crippen LogP contribution in [0.4, 0.5) is 8.78 Å². The van der Waals surface area contributed by atoms with Gasteiger partial charge in [0.05, 0.1) is 12.6 Å². The van der Waals surface area contributed by atoms with Gasteiger partial charge < -0.3 is 15.6 Å². The van der Waals surface area contributed by atoms with Crippen molar-refractivity contribution in [2.24, 2.45) is 5.73 Å². The first-order chi connectivity index (χ1) is 14.0. The van der Waals surface area contributed by atoms with Crippen LogP contribution in [0.15, 0.2) is 53.6 Å². The largest absolute Gasteiger partial charge is 0.360 e. The maximum Gasteiger partial charge on any atom is 0.224 e. The first-order valence-electron chi connectivity index (χ1n) is 9.45. The molecule has 2 aromatic carbocycles. The van der Waals surface area contributed by atoms with Crippen molar-refractivity contribution < 1.29 is 13.6 Å². The number of aromatic nitrogens is 1. The van der Waals surface area contributed by atoms with E-state index in [2.05, 4.69) is 9.71 Å². The molecule has 8 heteroatoms. The highest BCUT2D eigenvalue weighted by atomic mass is 32.2. The second-order valence-corrected chi connectivity index (χ2v) is 8.11. The molecule has 2 unspecified atom stereocenters. The fourth-order valence-electron chi connectivity index (χ4n) is 3.48. The number of fused-ring (bicyclic) bond motifs is 1. The van der Waals surface area contributed by atoms with E-state index in [0.29, 0.717) is 13.0 Å². The van der Waals surface area contributed by atoms with E-state index in [4.69, 9.17) is 5.73 Å². The quantitative estimate of drug-likeness (QED) is 0.425. The molecule has 29 heavy (non-hydrogen) atoms. The summed E-state index contributed by atoms with van der Waals surface area (Å²) in [6.07, 6.45) is 1.05. The number of rotatable bonds is 6. The molecule has 1 aliphatic rings. The molecular formula is C21H22F2N4OS. The van der Waals surface area contributed by atoms with Gasteiger partial charge in [0.1, 0.15) is 12.0 Å². The highest BCUT2D eigenvalue weighted by Crippen LogP contribution is 2.30. The van der Waals surface area contributed by atoms with Crippen molar-refractivity contribution >= 4 is 28.8 Å². The minimum Gasteiger partial charge on any atom is -0.360 e. The summed E-state index contributed by atoms with van der Waals surface area (Å²) in [7, 11) is 0. The molecule has 5 nitrogen and oxygen atoms in total. The molecule has 4 rings (SSSR count). The van der Waals surface area contributed by atoms with Crippen LogP contribution in [-0.4, -0.2) is 47.6 Å². The van der Waals surface area contributed by atoms with Crippen LogP contribution in [-0.2, 0) is 4.79 Å². The van der Waals surface area contributed by atoms with E-state index in [1.165, 1.54) is 29.0 Å². The molecule has 2 atom stereocenters. The molecule has 0 spiro atoms. The summed E-state index contributed by atoms with van der Waals surface area (Å²) < 4.78 is 29.9. The lowest BCUT2D eigenvalue weighted by molar-refractivity contribution is -0.130. The topological polar surface area (TPSA) is 74.2 Å². The standard InChI is InChI=1S/C21H22F2N4OS/c22-14-3-6-16-17(10-25-20(16)9-14)13-1-4-15(5-2-13)29-26-8-7-21(28)27-11-18(23)19(24)12-27/h1-6,9-10,18-19,25-26H,7-8,11-12,24H2. The van der Waals surface area contributed by atoms with Gasteiger partial charge in [-0.25, -0.2) is 8.78 Å². The Balaban J connectivity index is 1.29. The van der Waals surface area contributed by atoms with Crippen molar-refractivity contribution in [1.29, 1.82) is 0 Å². The maximum absolute atomic E-state index is 13.4. The number of nitrogens with two attached hydrogens (primary N) is 1. The van der Waals surface area contributed by atoms with E-state index in [-0.39, 0.29) is 24.8 Å². The Labute approximate surface area is 171 Å². The van der Waals surface area contributed by atoms with Crippen molar-refractivity contribution in [2.75, 3.05) is 19.6 Å². The van der Waals surface area contributed by atoms with Gasteiger partial charge >= 0.3 is 0 Å². The molecule has 4 N–H and O–H groups in total. The maximum atomic E-state index is 13.4. The summed E-state index contributed by atoms with van der Waals surface area (Å²) in [5.41, 5.74) is 8.44. The third kappa shape index (κ3) is 4.44. The Hall–Kier alpha value is -2.42. The number of aromatic amines is 1. The molecule has 3 aromatic rings. The molecule has 1 saturated heterocycles.